The molecule has 1 aliphatic heterocycles. The van der Waals surface area contributed by atoms with Gasteiger partial charge in [0.05, 0.1) is 20.8 Å². The zero-order chi connectivity index (χ0) is 18.4. The average Bonchev–Trinajstić information content (AvgIpc) is 3.22. The molecule has 26 heavy (non-hydrogen) atoms. The molecule has 2 aromatic heterocycles. The Morgan fingerprint density at radius 3 is 2.54 bits per heavy atom. The van der Waals surface area contributed by atoms with Gasteiger partial charge in [0.25, 0.3) is 5.91 Å². The van der Waals surface area contributed by atoms with E-state index < -0.39 is 0 Å². The maximum atomic E-state index is 12.7. The summed E-state index contributed by atoms with van der Waals surface area (Å²) in [6.07, 6.45) is 0. The third kappa shape index (κ3) is 2.97. The molecule has 0 aliphatic carbocycles. The molecule has 0 atom stereocenters. The molecule has 4 rings (SSSR count). The van der Waals surface area contributed by atoms with Crippen molar-refractivity contribution in [3.8, 4) is 0 Å². The number of carbonyl (C=O) groups excluding carboxylic acids is 1. The molecule has 1 amide bonds. The second kappa shape index (κ2) is 6.59. The van der Waals surface area contributed by atoms with Crippen LogP contribution in [0, 0.1) is 20.8 Å². The molecule has 7 heteroatoms. The van der Waals surface area contributed by atoms with Crippen LogP contribution in [0.4, 0.5) is 5.13 Å². The molecule has 0 N–H and O–H groups in total. The Kier molecular flexibility index (Phi) is 4.40. The zero-order valence-corrected chi connectivity index (χ0v) is 16.6. The van der Waals surface area contributed by atoms with Crippen molar-refractivity contribution < 1.29 is 9.21 Å². The Morgan fingerprint density at radius 2 is 1.92 bits per heavy atom. The zero-order valence-electron chi connectivity index (χ0n) is 15.0. The summed E-state index contributed by atoms with van der Waals surface area (Å²) in [7, 11) is 0. The van der Waals surface area contributed by atoms with Crippen LogP contribution in [0.2, 0.25) is 5.02 Å². The van der Waals surface area contributed by atoms with Gasteiger partial charge in [-0.15, -0.1) is 0 Å². The summed E-state index contributed by atoms with van der Waals surface area (Å²) in [5, 5.41) is 1.72. The Bertz CT molecular complexity index is 947. The van der Waals surface area contributed by atoms with Crippen LogP contribution >= 0.6 is 22.9 Å². The smallest absolute Gasteiger partial charge is 0.257 e. The number of fused-ring (bicyclic) bond motifs is 1. The lowest BCUT2D eigenvalue weighted by Gasteiger charge is -2.34. The maximum absolute atomic E-state index is 12.7. The SMILES string of the molecule is Cc1cc(C(=O)N2CCN(c3nc4c(C)ccc(Cl)c4s3)CC2)c(C)o1. The fourth-order valence-corrected chi connectivity index (χ4v) is 4.71. The van der Waals surface area contributed by atoms with Gasteiger partial charge in [0.2, 0.25) is 0 Å². The molecule has 1 fully saturated rings. The Labute approximate surface area is 161 Å². The first-order valence-electron chi connectivity index (χ1n) is 8.61. The third-order valence-electron chi connectivity index (χ3n) is 4.79. The average molecular weight is 390 g/mol. The van der Waals surface area contributed by atoms with Gasteiger partial charge in [-0.2, -0.15) is 0 Å². The van der Waals surface area contributed by atoms with E-state index in [0.29, 0.717) is 24.4 Å². The predicted octanol–water partition coefficient (Wildman–Crippen LogP) is 4.43. The number of halogens is 1. The van der Waals surface area contributed by atoms with E-state index in [2.05, 4.69) is 4.90 Å². The third-order valence-corrected chi connectivity index (χ3v) is 6.37. The quantitative estimate of drug-likeness (QED) is 0.650. The van der Waals surface area contributed by atoms with Crippen LogP contribution in [-0.4, -0.2) is 42.0 Å². The number of aryl methyl sites for hydroxylation is 3. The largest absolute Gasteiger partial charge is 0.466 e. The summed E-state index contributed by atoms with van der Waals surface area (Å²) in [6, 6.07) is 5.75. The fraction of sp³-hybridized carbons (Fsp3) is 0.368. The molecule has 0 radical (unpaired) electrons. The van der Waals surface area contributed by atoms with Crippen molar-refractivity contribution in [1.82, 2.24) is 9.88 Å². The minimum absolute atomic E-state index is 0.0437. The number of benzene rings is 1. The van der Waals surface area contributed by atoms with Crippen LogP contribution in [0.5, 0.6) is 0 Å². The second-order valence-electron chi connectivity index (χ2n) is 6.64. The summed E-state index contributed by atoms with van der Waals surface area (Å²) in [5.41, 5.74) is 2.77. The highest BCUT2D eigenvalue weighted by atomic mass is 35.5. The highest BCUT2D eigenvalue weighted by molar-refractivity contribution is 7.22. The van der Waals surface area contributed by atoms with Crippen LogP contribution < -0.4 is 4.90 Å². The second-order valence-corrected chi connectivity index (χ2v) is 8.03. The number of furan rings is 1. The van der Waals surface area contributed by atoms with Gasteiger partial charge in [-0.1, -0.05) is 29.0 Å². The number of rotatable bonds is 2. The first-order chi connectivity index (χ1) is 12.4. The van der Waals surface area contributed by atoms with Gasteiger partial charge >= 0.3 is 0 Å². The molecule has 0 bridgehead atoms. The predicted molar refractivity (Wildman–Crippen MR) is 106 cm³/mol. The number of piperazine rings is 1. The van der Waals surface area contributed by atoms with E-state index in [1.54, 1.807) is 11.3 Å². The van der Waals surface area contributed by atoms with Gasteiger partial charge in [0.1, 0.15) is 11.5 Å². The lowest BCUT2D eigenvalue weighted by molar-refractivity contribution is 0.0745. The summed E-state index contributed by atoms with van der Waals surface area (Å²) in [6.45, 7) is 8.62. The van der Waals surface area contributed by atoms with Gasteiger partial charge in [-0.05, 0) is 38.5 Å². The Hall–Kier alpha value is -2.05. The van der Waals surface area contributed by atoms with Gasteiger partial charge in [0, 0.05) is 26.2 Å². The van der Waals surface area contributed by atoms with E-state index in [9.17, 15) is 4.79 Å². The standard InChI is InChI=1S/C19H20ClN3O2S/c1-11-4-5-15(20)17-16(11)21-19(26-17)23-8-6-22(7-9-23)18(24)14-10-12(2)25-13(14)3/h4-5,10H,6-9H2,1-3H3. The van der Waals surface area contributed by atoms with Crippen LogP contribution in [0.15, 0.2) is 22.6 Å². The normalized spacial score (nSPS) is 15.1. The Balaban J connectivity index is 1.50. The molecular formula is C19H20ClN3O2S. The Morgan fingerprint density at radius 1 is 1.19 bits per heavy atom. The topological polar surface area (TPSA) is 49.6 Å². The first kappa shape index (κ1) is 17.4. The van der Waals surface area contributed by atoms with Crippen LogP contribution in [0.1, 0.15) is 27.4 Å². The van der Waals surface area contributed by atoms with Crippen molar-refractivity contribution in [2.24, 2.45) is 0 Å². The molecule has 1 saturated heterocycles. The highest BCUT2D eigenvalue weighted by Gasteiger charge is 2.26. The van der Waals surface area contributed by atoms with Crippen molar-refractivity contribution >= 4 is 44.2 Å². The van der Waals surface area contributed by atoms with Gasteiger partial charge in [-0.3, -0.25) is 4.79 Å². The number of carbonyl (C=O) groups is 1. The number of hydrogen-bond acceptors (Lipinski definition) is 5. The maximum Gasteiger partial charge on any atom is 0.257 e. The number of aromatic nitrogens is 1. The molecule has 0 spiro atoms. The fourth-order valence-electron chi connectivity index (χ4n) is 3.34. The van der Waals surface area contributed by atoms with Crippen molar-refractivity contribution in [2.75, 3.05) is 31.1 Å². The summed E-state index contributed by atoms with van der Waals surface area (Å²) < 4.78 is 6.53. The van der Waals surface area contributed by atoms with E-state index in [0.717, 1.165) is 44.8 Å². The minimum Gasteiger partial charge on any atom is -0.466 e. The summed E-state index contributed by atoms with van der Waals surface area (Å²) in [5.74, 6) is 1.50. The van der Waals surface area contributed by atoms with E-state index in [1.165, 1.54) is 0 Å². The molecule has 5 nitrogen and oxygen atoms in total. The number of amides is 1. The summed E-state index contributed by atoms with van der Waals surface area (Å²) >= 11 is 7.94. The van der Waals surface area contributed by atoms with Crippen molar-refractivity contribution in [3.05, 3.63) is 45.9 Å². The van der Waals surface area contributed by atoms with Crippen LogP contribution in [0.3, 0.4) is 0 Å². The lowest BCUT2D eigenvalue weighted by atomic mass is 10.2. The first-order valence-corrected chi connectivity index (χ1v) is 9.80. The number of nitrogens with zero attached hydrogens (tertiary/aromatic N) is 3. The minimum atomic E-state index is 0.0437. The molecule has 1 aromatic carbocycles. The monoisotopic (exact) mass is 389 g/mol. The molecular weight excluding hydrogens is 370 g/mol. The van der Waals surface area contributed by atoms with Gasteiger partial charge < -0.3 is 14.2 Å². The van der Waals surface area contributed by atoms with Gasteiger partial charge in [-0.25, -0.2) is 4.98 Å². The van der Waals surface area contributed by atoms with E-state index in [-0.39, 0.29) is 5.91 Å². The van der Waals surface area contributed by atoms with Crippen LogP contribution in [0.25, 0.3) is 10.2 Å². The number of anilines is 1. The van der Waals surface area contributed by atoms with E-state index >= 15 is 0 Å². The van der Waals surface area contributed by atoms with Crippen molar-refractivity contribution in [2.45, 2.75) is 20.8 Å². The molecule has 1 aliphatic rings. The lowest BCUT2D eigenvalue weighted by Crippen LogP contribution is -2.48. The van der Waals surface area contributed by atoms with Gasteiger partial charge in [0.15, 0.2) is 5.13 Å². The number of thiazole rings is 1. The van der Waals surface area contributed by atoms with E-state index in [1.807, 2.05) is 43.9 Å². The summed E-state index contributed by atoms with van der Waals surface area (Å²) in [4.78, 5) is 21.6. The molecule has 136 valence electrons. The molecule has 3 aromatic rings. The number of hydrogen-bond donors (Lipinski definition) is 0. The molecule has 0 saturated carbocycles. The van der Waals surface area contributed by atoms with E-state index in [4.69, 9.17) is 21.0 Å². The van der Waals surface area contributed by atoms with Crippen molar-refractivity contribution in [3.63, 3.8) is 0 Å². The van der Waals surface area contributed by atoms with Crippen molar-refractivity contribution in [1.29, 1.82) is 0 Å². The molecule has 3 heterocycles. The molecule has 0 unspecified atom stereocenters. The van der Waals surface area contributed by atoms with Crippen LogP contribution in [-0.2, 0) is 0 Å². The highest BCUT2D eigenvalue weighted by Crippen LogP contribution is 2.35.